The van der Waals surface area contributed by atoms with Crippen LogP contribution in [0.5, 0.6) is 0 Å². The zero-order valence-electron chi connectivity index (χ0n) is 17.1. The second-order valence-electron chi connectivity index (χ2n) is 7.33. The number of guanidine groups is 1. The van der Waals surface area contributed by atoms with E-state index in [0.717, 1.165) is 45.4 Å². The van der Waals surface area contributed by atoms with Gasteiger partial charge in [0.25, 0.3) is 0 Å². The van der Waals surface area contributed by atoms with Gasteiger partial charge < -0.3 is 15.4 Å². The van der Waals surface area contributed by atoms with E-state index in [1.807, 2.05) is 7.05 Å². The van der Waals surface area contributed by atoms with Crippen LogP contribution in [0, 0.1) is 6.92 Å². The normalized spacial score (nSPS) is 17.9. The largest absolute Gasteiger partial charge is 0.379 e. The summed E-state index contributed by atoms with van der Waals surface area (Å²) >= 11 is 1.81. The van der Waals surface area contributed by atoms with E-state index in [4.69, 9.17) is 4.74 Å². The lowest BCUT2D eigenvalue weighted by Crippen LogP contribution is -2.46. The van der Waals surface area contributed by atoms with Crippen molar-refractivity contribution in [2.75, 3.05) is 46.4 Å². The van der Waals surface area contributed by atoms with Crippen molar-refractivity contribution in [2.45, 2.75) is 25.8 Å². The summed E-state index contributed by atoms with van der Waals surface area (Å²) in [6.07, 6.45) is 0. The minimum atomic E-state index is 0.303. The number of hydrogen-bond acceptors (Lipinski definition) is 4. The Hall–Kier alpha value is -1.89. The number of nitrogens with one attached hydrogen (secondary N) is 2. The quantitative estimate of drug-likeness (QED) is 0.552. The second-order valence-corrected chi connectivity index (χ2v) is 8.30. The van der Waals surface area contributed by atoms with Gasteiger partial charge in [-0.1, -0.05) is 42.8 Å². The summed E-state index contributed by atoms with van der Waals surface area (Å²) in [6, 6.07) is 13.5. The van der Waals surface area contributed by atoms with E-state index in [1.165, 1.54) is 16.0 Å². The van der Waals surface area contributed by atoms with Crippen molar-refractivity contribution in [2.24, 2.45) is 4.99 Å². The average molecular weight is 401 g/mol. The van der Waals surface area contributed by atoms with Gasteiger partial charge in [-0.3, -0.25) is 9.89 Å². The van der Waals surface area contributed by atoms with Crippen LogP contribution in [0.3, 0.4) is 0 Å². The van der Waals surface area contributed by atoms with Crippen molar-refractivity contribution in [3.8, 4) is 0 Å². The van der Waals surface area contributed by atoms with Crippen molar-refractivity contribution < 1.29 is 4.74 Å². The maximum Gasteiger partial charge on any atom is 0.191 e. The number of thiophene rings is 1. The molecule has 5 nitrogen and oxygen atoms in total. The van der Waals surface area contributed by atoms with Gasteiger partial charge in [0.1, 0.15) is 0 Å². The molecule has 2 unspecified atom stereocenters. The second kappa shape index (κ2) is 10.6. The Morgan fingerprint density at radius 3 is 2.50 bits per heavy atom. The highest BCUT2D eigenvalue weighted by Crippen LogP contribution is 2.22. The van der Waals surface area contributed by atoms with E-state index >= 15 is 0 Å². The third-order valence-corrected chi connectivity index (χ3v) is 6.34. The molecule has 3 rings (SSSR count). The summed E-state index contributed by atoms with van der Waals surface area (Å²) in [5.41, 5.74) is 2.62. The number of nitrogens with zero attached hydrogens (tertiary/aromatic N) is 2. The fraction of sp³-hybridized carbons (Fsp3) is 0.500. The summed E-state index contributed by atoms with van der Waals surface area (Å²) in [5, 5.41) is 9.15. The van der Waals surface area contributed by atoms with Gasteiger partial charge in [-0.15, -0.1) is 11.3 Å². The summed E-state index contributed by atoms with van der Waals surface area (Å²) < 4.78 is 5.55. The molecule has 0 spiro atoms. The van der Waals surface area contributed by atoms with Crippen LogP contribution in [0.15, 0.2) is 46.8 Å². The van der Waals surface area contributed by atoms with Gasteiger partial charge in [0.2, 0.25) is 0 Å². The molecule has 152 valence electrons. The van der Waals surface area contributed by atoms with Crippen LogP contribution in [0.4, 0.5) is 0 Å². The van der Waals surface area contributed by atoms with Gasteiger partial charge in [-0.2, -0.15) is 0 Å². The fourth-order valence-corrected chi connectivity index (χ4v) is 4.26. The maximum atomic E-state index is 5.55. The van der Waals surface area contributed by atoms with Gasteiger partial charge in [0.15, 0.2) is 5.96 Å². The molecule has 1 aliphatic heterocycles. The van der Waals surface area contributed by atoms with E-state index in [2.05, 4.69) is 76.2 Å². The molecule has 6 heteroatoms. The molecule has 0 bridgehead atoms. The Labute approximate surface area is 172 Å². The SMILES string of the molecule is CN=C(NCC(C)c1cccs1)NCC(c1ccc(C)cc1)N1CCOCC1. The molecule has 2 N–H and O–H groups in total. The molecule has 0 aliphatic carbocycles. The molecule has 1 fully saturated rings. The van der Waals surface area contributed by atoms with Crippen LogP contribution in [0.1, 0.15) is 34.9 Å². The first kappa shape index (κ1) is 20.8. The van der Waals surface area contributed by atoms with E-state index in [-0.39, 0.29) is 0 Å². The van der Waals surface area contributed by atoms with Crippen molar-refractivity contribution in [3.05, 3.63) is 57.8 Å². The number of aryl methyl sites for hydroxylation is 1. The molecule has 2 heterocycles. The van der Waals surface area contributed by atoms with Gasteiger partial charge in [0.05, 0.1) is 19.3 Å². The number of rotatable bonds is 7. The van der Waals surface area contributed by atoms with Crippen LogP contribution in [-0.4, -0.2) is 57.3 Å². The minimum absolute atomic E-state index is 0.303. The molecule has 1 aromatic heterocycles. The molecular weight excluding hydrogens is 368 g/mol. The molecule has 1 aromatic carbocycles. The number of aliphatic imine (C=N–C) groups is 1. The first-order valence-corrected chi connectivity index (χ1v) is 10.9. The number of ether oxygens (including phenoxy) is 1. The predicted octanol–water partition coefficient (Wildman–Crippen LogP) is 3.40. The Balaban J connectivity index is 1.60. The highest BCUT2D eigenvalue weighted by Gasteiger charge is 2.23. The Kier molecular flexibility index (Phi) is 7.89. The smallest absolute Gasteiger partial charge is 0.191 e. The maximum absolute atomic E-state index is 5.55. The summed E-state index contributed by atoms with van der Waals surface area (Å²) in [4.78, 5) is 8.32. The average Bonchev–Trinajstić information content (AvgIpc) is 3.27. The van der Waals surface area contributed by atoms with Gasteiger partial charge in [0, 0.05) is 44.0 Å². The monoisotopic (exact) mass is 400 g/mol. The summed E-state index contributed by atoms with van der Waals surface area (Å²) in [6.45, 7) is 9.58. The molecule has 0 saturated carbocycles. The Morgan fingerprint density at radius 1 is 1.14 bits per heavy atom. The van der Waals surface area contributed by atoms with Crippen molar-refractivity contribution in [3.63, 3.8) is 0 Å². The highest BCUT2D eigenvalue weighted by molar-refractivity contribution is 7.10. The lowest BCUT2D eigenvalue weighted by Gasteiger charge is -2.35. The molecule has 2 aromatic rings. The van der Waals surface area contributed by atoms with Crippen LogP contribution < -0.4 is 10.6 Å². The van der Waals surface area contributed by atoms with Gasteiger partial charge in [-0.25, -0.2) is 0 Å². The molecule has 1 aliphatic rings. The first-order chi connectivity index (χ1) is 13.7. The zero-order chi connectivity index (χ0) is 19.8. The van der Waals surface area contributed by atoms with Gasteiger partial charge in [-0.05, 0) is 23.9 Å². The molecule has 28 heavy (non-hydrogen) atoms. The molecule has 2 atom stereocenters. The lowest BCUT2D eigenvalue weighted by atomic mass is 10.0. The van der Waals surface area contributed by atoms with Gasteiger partial charge >= 0.3 is 0 Å². The highest BCUT2D eigenvalue weighted by atomic mass is 32.1. The van der Waals surface area contributed by atoms with E-state index < -0.39 is 0 Å². The van der Waals surface area contributed by atoms with Crippen LogP contribution >= 0.6 is 11.3 Å². The zero-order valence-corrected chi connectivity index (χ0v) is 18.0. The van der Waals surface area contributed by atoms with Crippen LogP contribution in [0.25, 0.3) is 0 Å². The van der Waals surface area contributed by atoms with E-state index in [0.29, 0.717) is 12.0 Å². The molecule has 0 radical (unpaired) electrons. The van der Waals surface area contributed by atoms with Crippen molar-refractivity contribution in [1.82, 2.24) is 15.5 Å². The molecule has 1 saturated heterocycles. The van der Waals surface area contributed by atoms with E-state index in [1.54, 1.807) is 11.3 Å². The first-order valence-electron chi connectivity index (χ1n) is 10.0. The van der Waals surface area contributed by atoms with E-state index in [9.17, 15) is 0 Å². The molecule has 0 amide bonds. The Bertz CT molecular complexity index is 724. The van der Waals surface area contributed by atoms with Crippen molar-refractivity contribution in [1.29, 1.82) is 0 Å². The van der Waals surface area contributed by atoms with Crippen LogP contribution in [-0.2, 0) is 4.74 Å². The fourth-order valence-electron chi connectivity index (χ4n) is 3.47. The minimum Gasteiger partial charge on any atom is -0.379 e. The third-order valence-electron chi connectivity index (χ3n) is 5.24. The number of hydrogen-bond donors (Lipinski definition) is 2. The topological polar surface area (TPSA) is 48.9 Å². The number of benzene rings is 1. The number of morpholine rings is 1. The standard InChI is InChI=1S/C22H32N4OS/c1-17-6-8-19(9-7-17)20(26-10-12-27-13-11-26)16-25-22(23-3)24-15-18(2)21-5-4-14-28-21/h4-9,14,18,20H,10-13,15-16H2,1-3H3,(H2,23,24,25). The van der Waals surface area contributed by atoms with Crippen molar-refractivity contribution >= 4 is 17.3 Å². The summed E-state index contributed by atoms with van der Waals surface area (Å²) in [7, 11) is 1.83. The molecular formula is C22H32N4OS. The predicted molar refractivity (Wildman–Crippen MR) is 118 cm³/mol. The Morgan fingerprint density at radius 2 is 1.86 bits per heavy atom. The van der Waals surface area contributed by atoms with Crippen LogP contribution in [0.2, 0.25) is 0 Å². The lowest BCUT2D eigenvalue weighted by molar-refractivity contribution is 0.0170. The summed E-state index contributed by atoms with van der Waals surface area (Å²) in [5.74, 6) is 1.32. The third kappa shape index (κ3) is 5.80.